The van der Waals surface area contributed by atoms with E-state index in [1.54, 1.807) is 16.4 Å². The number of sulfonamides is 1. The molecular weight excluding hydrogens is 286 g/mol. The monoisotopic (exact) mass is 311 g/mol. The Labute approximate surface area is 128 Å². The van der Waals surface area contributed by atoms with Gasteiger partial charge >= 0.3 is 0 Å². The Morgan fingerprint density at radius 2 is 1.95 bits per heavy atom. The summed E-state index contributed by atoms with van der Waals surface area (Å²) in [6.07, 6.45) is 1.93. The third-order valence-electron chi connectivity index (χ3n) is 3.93. The second kappa shape index (κ2) is 6.77. The van der Waals surface area contributed by atoms with Crippen LogP contribution in [0, 0.1) is 0 Å². The van der Waals surface area contributed by atoms with Gasteiger partial charge in [-0.1, -0.05) is 6.92 Å². The average Bonchev–Trinajstić information content (AvgIpc) is 2.96. The molecule has 0 saturated carbocycles. The van der Waals surface area contributed by atoms with Gasteiger partial charge in [-0.2, -0.15) is 4.31 Å². The summed E-state index contributed by atoms with van der Waals surface area (Å²) in [6.45, 7) is 4.16. The highest BCUT2D eigenvalue weighted by atomic mass is 32.2. The van der Waals surface area contributed by atoms with Crippen LogP contribution in [0.4, 0.5) is 5.69 Å². The Kier molecular flexibility index (Phi) is 5.24. The molecule has 0 spiro atoms. The van der Waals surface area contributed by atoms with Gasteiger partial charge in [0.15, 0.2) is 0 Å². The lowest BCUT2D eigenvalue weighted by atomic mass is 10.2. The number of benzene rings is 1. The standard InChI is InChI=1S/C15H25N3O2S/c1-4-10-16-13-5-7-15(8-6-13)21(19,20)18-11-9-14(12-18)17(2)3/h5-8,14,16H,4,9-12H2,1-3H3. The van der Waals surface area contributed by atoms with Crippen LogP contribution in [0.5, 0.6) is 0 Å². The maximum absolute atomic E-state index is 12.6. The van der Waals surface area contributed by atoms with E-state index >= 15 is 0 Å². The van der Waals surface area contributed by atoms with Crippen molar-refractivity contribution in [3.63, 3.8) is 0 Å². The summed E-state index contributed by atoms with van der Waals surface area (Å²) in [7, 11) is 0.627. The van der Waals surface area contributed by atoms with Crippen molar-refractivity contribution in [3.05, 3.63) is 24.3 Å². The summed E-state index contributed by atoms with van der Waals surface area (Å²) in [5.74, 6) is 0. The number of anilines is 1. The number of hydrogen-bond donors (Lipinski definition) is 1. The van der Waals surface area contributed by atoms with E-state index in [0.29, 0.717) is 24.0 Å². The van der Waals surface area contributed by atoms with Gasteiger partial charge in [-0.05, 0) is 51.2 Å². The fourth-order valence-electron chi connectivity index (χ4n) is 2.51. The molecule has 1 aromatic carbocycles. The molecule has 1 atom stereocenters. The van der Waals surface area contributed by atoms with E-state index in [-0.39, 0.29) is 0 Å². The topological polar surface area (TPSA) is 52.7 Å². The molecule has 1 N–H and O–H groups in total. The third kappa shape index (κ3) is 3.75. The van der Waals surface area contributed by atoms with E-state index in [1.165, 1.54) is 0 Å². The molecule has 0 aromatic heterocycles. The first kappa shape index (κ1) is 16.3. The van der Waals surface area contributed by atoms with Gasteiger partial charge in [0.05, 0.1) is 4.90 Å². The Balaban J connectivity index is 2.09. The van der Waals surface area contributed by atoms with E-state index < -0.39 is 10.0 Å². The zero-order valence-corrected chi connectivity index (χ0v) is 13.9. The molecule has 1 heterocycles. The van der Waals surface area contributed by atoms with Crippen molar-refractivity contribution in [3.8, 4) is 0 Å². The predicted octanol–water partition coefficient (Wildman–Crippen LogP) is 1.83. The minimum atomic E-state index is -3.36. The fraction of sp³-hybridized carbons (Fsp3) is 0.600. The van der Waals surface area contributed by atoms with Crippen LogP contribution >= 0.6 is 0 Å². The third-order valence-corrected chi connectivity index (χ3v) is 5.81. The van der Waals surface area contributed by atoms with Gasteiger partial charge in [0.25, 0.3) is 0 Å². The molecule has 0 amide bonds. The van der Waals surface area contributed by atoms with Crippen molar-refractivity contribution >= 4 is 15.7 Å². The van der Waals surface area contributed by atoms with Gasteiger partial charge in [-0.25, -0.2) is 8.42 Å². The molecule has 1 aliphatic rings. The predicted molar refractivity (Wildman–Crippen MR) is 86.1 cm³/mol. The number of likely N-dealkylation sites (N-methyl/N-ethyl adjacent to an activating group) is 1. The summed E-state index contributed by atoms with van der Waals surface area (Å²) in [5.41, 5.74) is 0.961. The Hall–Kier alpha value is -1.11. The van der Waals surface area contributed by atoms with Crippen LogP contribution in [0.3, 0.4) is 0 Å². The van der Waals surface area contributed by atoms with E-state index in [0.717, 1.165) is 25.1 Å². The minimum absolute atomic E-state index is 0.310. The highest BCUT2D eigenvalue weighted by Crippen LogP contribution is 2.23. The van der Waals surface area contributed by atoms with Crippen LogP contribution in [0.15, 0.2) is 29.2 Å². The highest BCUT2D eigenvalue weighted by Gasteiger charge is 2.33. The van der Waals surface area contributed by atoms with Crippen molar-refractivity contribution in [1.29, 1.82) is 0 Å². The van der Waals surface area contributed by atoms with Crippen LogP contribution < -0.4 is 5.32 Å². The zero-order chi connectivity index (χ0) is 15.5. The Morgan fingerprint density at radius 1 is 1.29 bits per heavy atom. The van der Waals surface area contributed by atoms with Gasteiger partial charge in [0.1, 0.15) is 0 Å². The van der Waals surface area contributed by atoms with Crippen LogP contribution in [0.2, 0.25) is 0 Å². The Bertz CT molecular complexity index is 555. The number of rotatable bonds is 6. The van der Waals surface area contributed by atoms with Gasteiger partial charge < -0.3 is 10.2 Å². The summed E-state index contributed by atoms with van der Waals surface area (Å²) in [4.78, 5) is 2.47. The van der Waals surface area contributed by atoms with Crippen molar-refractivity contribution in [2.75, 3.05) is 39.0 Å². The van der Waals surface area contributed by atoms with Crippen LogP contribution in [0.1, 0.15) is 19.8 Å². The van der Waals surface area contributed by atoms with Crippen molar-refractivity contribution in [1.82, 2.24) is 9.21 Å². The van der Waals surface area contributed by atoms with Crippen molar-refractivity contribution < 1.29 is 8.42 Å². The molecule has 1 aliphatic heterocycles. The molecule has 2 rings (SSSR count). The molecule has 5 nitrogen and oxygen atoms in total. The van der Waals surface area contributed by atoms with E-state index in [2.05, 4.69) is 17.1 Å². The van der Waals surface area contributed by atoms with Gasteiger partial charge in [0, 0.05) is 31.4 Å². The lowest BCUT2D eigenvalue weighted by Gasteiger charge is -2.20. The second-order valence-corrected chi connectivity index (χ2v) is 7.66. The first-order valence-corrected chi connectivity index (χ1v) is 8.89. The van der Waals surface area contributed by atoms with E-state index in [9.17, 15) is 8.42 Å². The summed E-state index contributed by atoms with van der Waals surface area (Å²) in [5, 5.41) is 3.25. The maximum atomic E-state index is 12.6. The minimum Gasteiger partial charge on any atom is -0.385 e. The first-order valence-electron chi connectivity index (χ1n) is 7.45. The molecule has 118 valence electrons. The molecule has 1 aromatic rings. The fourth-order valence-corrected chi connectivity index (χ4v) is 4.01. The van der Waals surface area contributed by atoms with Crippen LogP contribution in [0.25, 0.3) is 0 Å². The SMILES string of the molecule is CCCNc1ccc(S(=O)(=O)N2CCC(N(C)C)C2)cc1. The van der Waals surface area contributed by atoms with E-state index in [1.807, 2.05) is 26.2 Å². The molecular formula is C15H25N3O2S. The van der Waals surface area contributed by atoms with Gasteiger partial charge in [0.2, 0.25) is 10.0 Å². The molecule has 0 radical (unpaired) electrons. The smallest absolute Gasteiger partial charge is 0.243 e. The normalized spacial score (nSPS) is 20.1. The van der Waals surface area contributed by atoms with Gasteiger partial charge in [-0.3, -0.25) is 0 Å². The lowest BCUT2D eigenvalue weighted by Crippen LogP contribution is -2.34. The van der Waals surface area contributed by atoms with Gasteiger partial charge in [-0.15, -0.1) is 0 Å². The molecule has 6 heteroatoms. The highest BCUT2D eigenvalue weighted by molar-refractivity contribution is 7.89. The van der Waals surface area contributed by atoms with Crippen molar-refractivity contribution in [2.45, 2.75) is 30.7 Å². The van der Waals surface area contributed by atoms with Crippen LogP contribution in [-0.2, 0) is 10.0 Å². The molecule has 21 heavy (non-hydrogen) atoms. The maximum Gasteiger partial charge on any atom is 0.243 e. The number of hydrogen-bond acceptors (Lipinski definition) is 4. The first-order chi connectivity index (χ1) is 9.95. The quantitative estimate of drug-likeness (QED) is 0.871. The van der Waals surface area contributed by atoms with E-state index in [4.69, 9.17) is 0 Å². The second-order valence-electron chi connectivity index (χ2n) is 5.72. The molecule has 1 saturated heterocycles. The Morgan fingerprint density at radius 3 is 2.48 bits per heavy atom. The largest absolute Gasteiger partial charge is 0.385 e. The summed E-state index contributed by atoms with van der Waals surface area (Å²) in [6, 6.07) is 7.36. The molecule has 0 aliphatic carbocycles. The summed E-state index contributed by atoms with van der Waals surface area (Å²) < 4.78 is 26.8. The van der Waals surface area contributed by atoms with Crippen molar-refractivity contribution in [2.24, 2.45) is 0 Å². The number of nitrogens with one attached hydrogen (secondary N) is 1. The average molecular weight is 311 g/mol. The molecule has 1 unspecified atom stereocenters. The molecule has 0 bridgehead atoms. The zero-order valence-electron chi connectivity index (χ0n) is 13.0. The molecule has 1 fully saturated rings. The summed E-state index contributed by atoms with van der Waals surface area (Å²) >= 11 is 0. The van der Waals surface area contributed by atoms with Crippen LogP contribution in [-0.4, -0.2) is 57.4 Å². The lowest BCUT2D eigenvalue weighted by molar-refractivity contribution is 0.302. The number of nitrogens with zero attached hydrogens (tertiary/aromatic N) is 2.